The normalized spacial score (nSPS) is 13.6. The lowest BCUT2D eigenvalue weighted by Gasteiger charge is -2.23. The first-order chi connectivity index (χ1) is 13.5. The minimum atomic E-state index is -0.598. The molecule has 0 spiro atoms. The molecule has 1 heterocycles. The van der Waals surface area contributed by atoms with Crippen molar-refractivity contribution >= 4 is 17.5 Å². The van der Waals surface area contributed by atoms with Gasteiger partial charge in [-0.3, -0.25) is 4.79 Å². The molecular weight excluding hydrogens is 377 g/mol. The Hall–Kier alpha value is -2.66. The average molecular weight is 398 g/mol. The molecule has 1 aromatic heterocycles. The van der Waals surface area contributed by atoms with Gasteiger partial charge in [0, 0.05) is 24.7 Å². The van der Waals surface area contributed by atoms with E-state index < -0.39 is 5.95 Å². The van der Waals surface area contributed by atoms with Crippen LogP contribution in [0.4, 0.5) is 4.39 Å². The molecule has 2 aromatic carbocycles. The van der Waals surface area contributed by atoms with E-state index in [2.05, 4.69) is 5.10 Å². The molecule has 3 aromatic rings. The number of aromatic nitrogens is 2. The lowest BCUT2D eigenvalue weighted by Crippen LogP contribution is -2.33. The molecule has 0 atom stereocenters. The van der Waals surface area contributed by atoms with E-state index in [1.165, 1.54) is 7.05 Å². The van der Waals surface area contributed by atoms with Gasteiger partial charge in [-0.2, -0.15) is 9.49 Å². The fraction of sp³-hybridized carbons (Fsp3) is 0.273. The van der Waals surface area contributed by atoms with Gasteiger partial charge in [-0.1, -0.05) is 54.1 Å². The first kappa shape index (κ1) is 18.7. The van der Waals surface area contributed by atoms with Gasteiger partial charge in [0.1, 0.15) is 5.56 Å². The van der Waals surface area contributed by atoms with Crippen molar-refractivity contribution in [2.45, 2.75) is 32.4 Å². The minimum absolute atomic E-state index is 0.0476. The minimum Gasteiger partial charge on any atom is -0.331 e. The number of halogens is 2. The van der Waals surface area contributed by atoms with Crippen LogP contribution in [-0.2, 0) is 13.6 Å². The van der Waals surface area contributed by atoms with E-state index in [9.17, 15) is 9.18 Å². The molecule has 4 nitrogen and oxygen atoms in total. The van der Waals surface area contributed by atoms with Gasteiger partial charge in [-0.05, 0) is 42.5 Å². The third-order valence-electron chi connectivity index (χ3n) is 5.12. The zero-order valence-electron chi connectivity index (χ0n) is 15.8. The van der Waals surface area contributed by atoms with Crippen LogP contribution in [-0.4, -0.2) is 26.6 Å². The van der Waals surface area contributed by atoms with E-state index in [4.69, 9.17) is 11.6 Å². The Morgan fingerprint density at radius 2 is 1.93 bits per heavy atom. The topological polar surface area (TPSA) is 38.1 Å². The summed E-state index contributed by atoms with van der Waals surface area (Å²) in [5.74, 6) is -0.924. The summed E-state index contributed by atoms with van der Waals surface area (Å²) in [7, 11) is 1.50. The van der Waals surface area contributed by atoms with Crippen LogP contribution in [0.2, 0.25) is 5.02 Å². The quantitative estimate of drug-likeness (QED) is 0.608. The number of carbonyl (C=O) groups is 1. The Bertz CT molecular complexity index is 1030. The molecule has 0 aliphatic heterocycles. The monoisotopic (exact) mass is 397 g/mol. The third kappa shape index (κ3) is 3.54. The van der Waals surface area contributed by atoms with E-state index in [0.717, 1.165) is 34.2 Å². The molecule has 0 N–H and O–H groups in total. The maximum atomic E-state index is 14.4. The second kappa shape index (κ2) is 7.40. The lowest BCUT2D eigenvalue weighted by molar-refractivity contribution is 0.0724. The molecule has 0 saturated heterocycles. The summed E-state index contributed by atoms with van der Waals surface area (Å²) in [6.45, 7) is 2.01. The molecule has 0 unspecified atom stereocenters. The average Bonchev–Trinajstić information content (AvgIpc) is 3.48. The Balaban J connectivity index is 1.61. The highest BCUT2D eigenvalue weighted by molar-refractivity contribution is 6.31. The predicted molar refractivity (Wildman–Crippen MR) is 108 cm³/mol. The van der Waals surface area contributed by atoms with E-state index in [1.807, 2.05) is 48.5 Å². The molecule has 28 heavy (non-hydrogen) atoms. The molecule has 1 amide bonds. The van der Waals surface area contributed by atoms with Crippen molar-refractivity contribution < 1.29 is 9.18 Å². The fourth-order valence-electron chi connectivity index (χ4n) is 3.44. The molecule has 1 fully saturated rings. The van der Waals surface area contributed by atoms with Crippen molar-refractivity contribution in [3.8, 4) is 11.1 Å². The van der Waals surface area contributed by atoms with Crippen LogP contribution >= 0.6 is 11.6 Å². The Labute approximate surface area is 168 Å². The summed E-state index contributed by atoms with van der Waals surface area (Å²) in [5.41, 5.74) is 3.41. The number of hydrogen-bond donors (Lipinski definition) is 0. The van der Waals surface area contributed by atoms with Crippen molar-refractivity contribution in [2.75, 3.05) is 0 Å². The number of rotatable bonds is 5. The highest BCUT2D eigenvalue weighted by Gasteiger charge is 2.36. The van der Waals surface area contributed by atoms with Gasteiger partial charge in [0.25, 0.3) is 5.91 Å². The molecule has 1 aliphatic rings. The second-order valence-corrected chi connectivity index (χ2v) is 7.62. The molecule has 0 bridgehead atoms. The summed E-state index contributed by atoms with van der Waals surface area (Å²) in [5, 5.41) is 4.63. The number of amides is 1. The summed E-state index contributed by atoms with van der Waals surface area (Å²) < 4.78 is 15.5. The van der Waals surface area contributed by atoms with E-state index in [0.29, 0.717) is 17.3 Å². The lowest BCUT2D eigenvalue weighted by atomic mass is 10.0. The van der Waals surface area contributed by atoms with Gasteiger partial charge >= 0.3 is 0 Å². The molecule has 1 saturated carbocycles. The van der Waals surface area contributed by atoms with Crippen LogP contribution in [0, 0.1) is 12.9 Å². The molecule has 4 rings (SSSR count). The van der Waals surface area contributed by atoms with Crippen LogP contribution in [0.1, 0.15) is 34.5 Å². The highest BCUT2D eigenvalue weighted by atomic mass is 35.5. The Morgan fingerprint density at radius 3 is 2.50 bits per heavy atom. The molecule has 6 heteroatoms. The molecular formula is C22H21ClFN3O. The number of aryl methyl sites for hydroxylation is 2. The first-order valence-electron chi connectivity index (χ1n) is 9.29. The van der Waals surface area contributed by atoms with Gasteiger partial charge < -0.3 is 4.90 Å². The summed E-state index contributed by atoms with van der Waals surface area (Å²) in [6.07, 6.45) is 1.85. The van der Waals surface area contributed by atoms with Gasteiger partial charge in [0.2, 0.25) is 5.95 Å². The Kier molecular flexibility index (Phi) is 4.94. The van der Waals surface area contributed by atoms with Crippen molar-refractivity contribution in [1.29, 1.82) is 0 Å². The standard InChI is InChI=1S/C22H21ClFN3O/c1-14-20(21(24)26(2)25-14)22(28)27(18-10-11-18)13-17-9-8-16(12-19(17)23)15-6-4-3-5-7-15/h3-9,12,18H,10-11,13H2,1-2H3. The number of hydrogen-bond acceptors (Lipinski definition) is 2. The number of carbonyl (C=O) groups excluding carboxylic acids is 1. The van der Waals surface area contributed by atoms with Crippen LogP contribution < -0.4 is 0 Å². The Morgan fingerprint density at radius 1 is 1.21 bits per heavy atom. The highest BCUT2D eigenvalue weighted by Crippen LogP contribution is 2.33. The van der Waals surface area contributed by atoms with Crippen LogP contribution in [0.5, 0.6) is 0 Å². The third-order valence-corrected chi connectivity index (χ3v) is 5.47. The maximum absolute atomic E-state index is 14.4. The predicted octanol–water partition coefficient (Wildman–Crippen LogP) is 4.99. The SMILES string of the molecule is Cc1nn(C)c(F)c1C(=O)N(Cc1ccc(-c2ccccc2)cc1Cl)C1CC1. The maximum Gasteiger partial charge on any atom is 0.260 e. The van der Waals surface area contributed by atoms with Gasteiger partial charge in [0.15, 0.2) is 0 Å². The molecule has 0 radical (unpaired) electrons. The summed E-state index contributed by atoms with van der Waals surface area (Å²) in [6, 6.07) is 16.0. The van der Waals surface area contributed by atoms with Gasteiger partial charge in [-0.15, -0.1) is 0 Å². The molecule has 1 aliphatic carbocycles. The van der Waals surface area contributed by atoms with Crippen LogP contribution in [0.25, 0.3) is 11.1 Å². The summed E-state index contributed by atoms with van der Waals surface area (Å²) in [4.78, 5) is 14.8. The van der Waals surface area contributed by atoms with E-state index in [-0.39, 0.29) is 17.5 Å². The zero-order chi connectivity index (χ0) is 19.8. The number of benzene rings is 2. The second-order valence-electron chi connectivity index (χ2n) is 7.21. The van der Waals surface area contributed by atoms with Gasteiger partial charge in [0.05, 0.1) is 5.69 Å². The molecule has 144 valence electrons. The van der Waals surface area contributed by atoms with E-state index >= 15 is 0 Å². The van der Waals surface area contributed by atoms with Gasteiger partial charge in [-0.25, -0.2) is 4.68 Å². The van der Waals surface area contributed by atoms with Crippen molar-refractivity contribution in [3.05, 3.63) is 76.3 Å². The van der Waals surface area contributed by atoms with Crippen LogP contribution in [0.15, 0.2) is 48.5 Å². The first-order valence-corrected chi connectivity index (χ1v) is 9.67. The van der Waals surface area contributed by atoms with E-state index in [1.54, 1.807) is 11.8 Å². The largest absolute Gasteiger partial charge is 0.331 e. The summed E-state index contributed by atoms with van der Waals surface area (Å²) >= 11 is 6.54. The smallest absolute Gasteiger partial charge is 0.260 e. The number of nitrogens with zero attached hydrogens (tertiary/aromatic N) is 3. The zero-order valence-corrected chi connectivity index (χ0v) is 16.6. The van der Waals surface area contributed by atoms with Crippen molar-refractivity contribution in [1.82, 2.24) is 14.7 Å². The van der Waals surface area contributed by atoms with Crippen molar-refractivity contribution in [2.24, 2.45) is 7.05 Å². The van der Waals surface area contributed by atoms with Crippen LogP contribution in [0.3, 0.4) is 0 Å². The van der Waals surface area contributed by atoms with Crippen molar-refractivity contribution in [3.63, 3.8) is 0 Å². The fourth-order valence-corrected chi connectivity index (χ4v) is 3.68.